The Bertz CT molecular complexity index is 176. The van der Waals surface area contributed by atoms with Crippen LogP contribution in [0.3, 0.4) is 0 Å². The van der Waals surface area contributed by atoms with Gasteiger partial charge in [0.1, 0.15) is 0 Å². The van der Waals surface area contributed by atoms with Gasteiger partial charge in [-0.1, -0.05) is 13.8 Å². The maximum absolute atomic E-state index is 5.65. The molecule has 1 saturated heterocycles. The first-order chi connectivity index (χ1) is 7.07. The van der Waals surface area contributed by atoms with Gasteiger partial charge in [0.25, 0.3) is 0 Å². The molecule has 0 bridgehead atoms. The highest BCUT2D eigenvalue weighted by Crippen LogP contribution is 2.22. The maximum Gasteiger partial charge on any atom is 0.0599 e. The van der Waals surface area contributed by atoms with E-state index in [9.17, 15) is 0 Å². The summed E-state index contributed by atoms with van der Waals surface area (Å²) in [6.45, 7) is 11.0. The predicted octanol–water partition coefficient (Wildman–Crippen LogP) is 2.44. The summed E-state index contributed by atoms with van der Waals surface area (Å²) in [5, 5.41) is 0. The second-order valence-corrected chi connectivity index (χ2v) is 5.57. The molecule has 0 spiro atoms. The van der Waals surface area contributed by atoms with E-state index in [0.29, 0.717) is 11.5 Å². The molecule has 1 fully saturated rings. The van der Waals surface area contributed by atoms with E-state index in [-0.39, 0.29) is 0 Å². The number of piperidine rings is 1. The number of thiol groups is 1. The minimum Gasteiger partial charge on any atom is -0.378 e. The van der Waals surface area contributed by atoms with Gasteiger partial charge in [0.15, 0.2) is 0 Å². The van der Waals surface area contributed by atoms with Crippen molar-refractivity contribution in [1.29, 1.82) is 0 Å². The first-order valence-electron chi connectivity index (χ1n) is 6.02. The third kappa shape index (κ3) is 4.75. The fraction of sp³-hybridized carbons (Fsp3) is 1.00. The predicted molar refractivity (Wildman–Crippen MR) is 68.7 cm³/mol. The first kappa shape index (κ1) is 13.3. The molecule has 0 aromatic heterocycles. The lowest BCUT2D eigenvalue weighted by Gasteiger charge is -2.36. The first-order valence-corrected chi connectivity index (χ1v) is 6.65. The Balaban J connectivity index is 2.25. The summed E-state index contributed by atoms with van der Waals surface area (Å²) in [4.78, 5) is 2.55. The van der Waals surface area contributed by atoms with Crippen LogP contribution < -0.4 is 0 Å². The molecule has 1 rings (SSSR count). The average Bonchev–Trinajstić information content (AvgIpc) is 2.21. The van der Waals surface area contributed by atoms with Crippen LogP contribution in [0.1, 0.15) is 33.6 Å². The van der Waals surface area contributed by atoms with Gasteiger partial charge in [-0.05, 0) is 30.9 Å². The highest BCUT2D eigenvalue weighted by molar-refractivity contribution is 7.80. The van der Waals surface area contributed by atoms with E-state index in [2.05, 4.69) is 38.3 Å². The van der Waals surface area contributed by atoms with Crippen LogP contribution >= 0.6 is 12.6 Å². The van der Waals surface area contributed by atoms with Crippen molar-refractivity contribution in [3.8, 4) is 0 Å². The van der Waals surface area contributed by atoms with Gasteiger partial charge < -0.3 is 9.64 Å². The summed E-state index contributed by atoms with van der Waals surface area (Å²) in [6.07, 6.45) is 2.89. The van der Waals surface area contributed by atoms with E-state index < -0.39 is 0 Å². The van der Waals surface area contributed by atoms with Gasteiger partial charge in [0.05, 0.1) is 6.10 Å². The molecule has 0 amide bonds. The van der Waals surface area contributed by atoms with Crippen LogP contribution in [-0.2, 0) is 4.74 Å². The number of ether oxygens (including phenoxy) is 1. The summed E-state index contributed by atoms with van der Waals surface area (Å²) < 4.78 is 5.65. The Morgan fingerprint density at radius 1 is 1.33 bits per heavy atom. The van der Waals surface area contributed by atoms with Gasteiger partial charge in [-0.3, -0.25) is 0 Å². The van der Waals surface area contributed by atoms with Gasteiger partial charge in [-0.15, -0.1) is 0 Å². The van der Waals surface area contributed by atoms with Crippen molar-refractivity contribution in [2.75, 3.05) is 32.0 Å². The Morgan fingerprint density at radius 3 is 2.40 bits per heavy atom. The van der Waals surface area contributed by atoms with Crippen molar-refractivity contribution < 1.29 is 4.74 Å². The summed E-state index contributed by atoms with van der Waals surface area (Å²) in [5.74, 6) is 0.957. The van der Waals surface area contributed by atoms with E-state index in [1.165, 1.54) is 25.9 Å². The minimum atomic E-state index is 0.335. The van der Waals surface area contributed by atoms with E-state index in [1.54, 1.807) is 0 Å². The molecule has 0 aliphatic carbocycles. The summed E-state index contributed by atoms with van der Waals surface area (Å²) in [5.41, 5.74) is 0.335. The van der Waals surface area contributed by atoms with Gasteiger partial charge in [-0.25, -0.2) is 0 Å². The Hall–Kier alpha value is 0.270. The quantitative estimate of drug-likeness (QED) is 0.730. The number of hydrogen-bond acceptors (Lipinski definition) is 3. The van der Waals surface area contributed by atoms with Crippen molar-refractivity contribution in [2.24, 2.45) is 5.41 Å². The van der Waals surface area contributed by atoms with Crippen molar-refractivity contribution in [1.82, 2.24) is 4.90 Å². The standard InChI is InChI=1S/C12H25NOS/c1-4-14-11-5-7-13(8-6-11)9-12(2,3)10-15/h11,15H,4-10H2,1-3H3. The van der Waals surface area contributed by atoms with Crippen molar-refractivity contribution in [3.05, 3.63) is 0 Å². The number of likely N-dealkylation sites (tertiary alicyclic amines) is 1. The van der Waals surface area contributed by atoms with Crippen LogP contribution in [0.15, 0.2) is 0 Å². The Labute approximate surface area is 99.8 Å². The van der Waals surface area contributed by atoms with E-state index in [4.69, 9.17) is 4.74 Å². The number of hydrogen-bond donors (Lipinski definition) is 1. The molecular formula is C12H25NOS. The second kappa shape index (κ2) is 6.12. The lowest BCUT2D eigenvalue weighted by atomic mass is 9.94. The maximum atomic E-state index is 5.65. The van der Waals surface area contributed by atoms with Crippen molar-refractivity contribution >= 4 is 12.6 Å². The fourth-order valence-electron chi connectivity index (χ4n) is 2.13. The van der Waals surface area contributed by atoms with Crippen LogP contribution in [0.5, 0.6) is 0 Å². The van der Waals surface area contributed by atoms with Crippen LogP contribution in [0.4, 0.5) is 0 Å². The molecule has 2 nitrogen and oxygen atoms in total. The van der Waals surface area contributed by atoms with Crippen LogP contribution in [0.25, 0.3) is 0 Å². The highest BCUT2D eigenvalue weighted by Gasteiger charge is 2.24. The Kier molecular flexibility index (Phi) is 5.44. The number of nitrogens with zero attached hydrogens (tertiary/aromatic N) is 1. The molecular weight excluding hydrogens is 206 g/mol. The van der Waals surface area contributed by atoms with Gasteiger partial charge >= 0.3 is 0 Å². The zero-order chi connectivity index (χ0) is 11.3. The minimum absolute atomic E-state index is 0.335. The fourth-order valence-corrected chi connectivity index (χ4v) is 2.23. The van der Waals surface area contributed by atoms with Gasteiger partial charge in [-0.2, -0.15) is 12.6 Å². The zero-order valence-corrected chi connectivity index (χ0v) is 11.2. The van der Waals surface area contributed by atoms with E-state index in [1.807, 2.05) is 0 Å². The van der Waals surface area contributed by atoms with Gasteiger partial charge in [0, 0.05) is 26.2 Å². The molecule has 0 atom stereocenters. The normalized spacial score (nSPS) is 20.8. The smallest absolute Gasteiger partial charge is 0.0599 e. The Morgan fingerprint density at radius 2 is 1.93 bits per heavy atom. The molecule has 0 unspecified atom stereocenters. The van der Waals surface area contributed by atoms with Gasteiger partial charge in [0.2, 0.25) is 0 Å². The second-order valence-electron chi connectivity index (χ2n) is 5.25. The molecule has 1 aliphatic heterocycles. The molecule has 1 aliphatic rings. The topological polar surface area (TPSA) is 12.5 Å². The summed E-state index contributed by atoms with van der Waals surface area (Å²) in [7, 11) is 0. The van der Waals surface area contributed by atoms with Crippen LogP contribution in [0, 0.1) is 5.41 Å². The molecule has 0 aromatic carbocycles. The molecule has 0 saturated carbocycles. The third-order valence-corrected chi connectivity index (χ3v) is 3.87. The third-order valence-electron chi connectivity index (χ3n) is 3.02. The number of rotatable bonds is 5. The SMILES string of the molecule is CCOC1CCN(CC(C)(C)CS)CC1. The zero-order valence-electron chi connectivity index (χ0n) is 10.3. The summed E-state index contributed by atoms with van der Waals surface area (Å²) in [6, 6.07) is 0. The molecule has 3 heteroatoms. The molecule has 15 heavy (non-hydrogen) atoms. The lowest BCUT2D eigenvalue weighted by molar-refractivity contribution is 0.00797. The molecule has 0 N–H and O–H groups in total. The molecule has 0 aromatic rings. The molecule has 90 valence electrons. The average molecular weight is 231 g/mol. The molecule has 1 heterocycles. The van der Waals surface area contributed by atoms with E-state index in [0.717, 1.165) is 18.9 Å². The van der Waals surface area contributed by atoms with Crippen molar-refractivity contribution in [2.45, 2.75) is 39.7 Å². The van der Waals surface area contributed by atoms with Crippen LogP contribution in [-0.4, -0.2) is 43.0 Å². The van der Waals surface area contributed by atoms with Crippen LogP contribution in [0.2, 0.25) is 0 Å². The largest absolute Gasteiger partial charge is 0.378 e. The lowest BCUT2D eigenvalue weighted by Crippen LogP contribution is -2.42. The monoisotopic (exact) mass is 231 g/mol. The summed E-state index contributed by atoms with van der Waals surface area (Å²) >= 11 is 4.40. The van der Waals surface area contributed by atoms with Crippen molar-refractivity contribution in [3.63, 3.8) is 0 Å². The van der Waals surface area contributed by atoms with E-state index >= 15 is 0 Å². The molecule has 0 radical (unpaired) electrons. The highest BCUT2D eigenvalue weighted by atomic mass is 32.1.